The van der Waals surface area contributed by atoms with Gasteiger partial charge in [-0.1, -0.05) is 30.5 Å². The van der Waals surface area contributed by atoms with E-state index in [2.05, 4.69) is 5.32 Å². The molecule has 1 aromatic carbocycles. The first-order valence-corrected chi connectivity index (χ1v) is 8.38. The van der Waals surface area contributed by atoms with Gasteiger partial charge in [-0.3, -0.25) is 4.79 Å². The number of hydrogen-bond acceptors (Lipinski definition) is 3. The first-order chi connectivity index (χ1) is 10.6. The third-order valence-corrected chi connectivity index (χ3v) is 4.84. The SMILES string of the molecule is O=C(CC1(O)CCCC1)NC1CCCOc2cc(Cl)ccc21. The molecule has 0 spiro atoms. The van der Waals surface area contributed by atoms with Crippen molar-refractivity contribution in [2.75, 3.05) is 6.61 Å². The zero-order valence-electron chi connectivity index (χ0n) is 12.6. The lowest BCUT2D eigenvalue weighted by Gasteiger charge is -2.24. The van der Waals surface area contributed by atoms with E-state index in [9.17, 15) is 9.90 Å². The highest BCUT2D eigenvalue weighted by Gasteiger charge is 2.34. The number of carbonyl (C=O) groups is 1. The van der Waals surface area contributed by atoms with Gasteiger partial charge in [0.1, 0.15) is 5.75 Å². The van der Waals surface area contributed by atoms with Crippen LogP contribution in [0.15, 0.2) is 18.2 Å². The van der Waals surface area contributed by atoms with Gasteiger partial charge in [-0.15, -0.1) is 0 Å². The second-order valence-corrected chi connectivity index (χ2v) is 6.84. The second kappa shape index (κ2) is 6.47. The Hall–Kier alpha value is -1.26. The van der Waals surface area contributed by atoms with Gasteiger partial charge < -0.3 is 15.2 Å². The third kappa shape index (κ3) is 3.55. The molecule has 2 N–H and O–H groups in total. The van der Waals surface area contributed by atoms with E-state index < -0.39 is 5.60 Å². The Labute approximate surface area is 135 Å². The number of amides is 1. The first kappa shape index (κ1) is 15.6. The fraction of sp³-hybridized carbons (Fsp3) is 0.588. The van der Waals surface area contributed by atoms with E-state index in [1.54, 1.807) is 6.07 Å². The summed E-state index contributed by atoms with van der Waals surface area (Å²) in [5, 5.41) is 14.1. The molecule has 0 saturated heterocycles. The average Bonchev–Trinajstić information content (AvgIpc) is 2.78. The largest absolute Gasteiger partial charge is 0.493 e. The molecule has 1 aliphatic heterocycles. The van der Waals surface area contributed by atoms with Crippen LogP contribution in [0.25, 0.3) is 0 Å². The summed E-state index contributed by atoms with van der Waals surface area (Å²) in [6.07, 6.45) is 5.35. The Kier molecular flexibility index (Phi) is 4.59. The van der Waals surface area contributed by atoms with Crippen molar-refractivity contribution in [3.8, 4) is 5.75 Å². The maximum absolute atomic E-state index is 12.3. The average molecular weight is 324 g/mol. The van der Waals surface area contributed by atoms with Gasteiger partial charge in [0.2, 0.25) is 5.91 Å². The van der Waals surface area contributed by atoms with Crippen molar-refractivity contribution in [2.24, 2.45) is 0 Å². The molecule has 1 amide bonds. The Morgan fingerprint density at radius 2 is 2.14 bits per heavy atom. The molecule has 0 radical (unpaired) electrons. The lowest BCUT2D eigenvalue weighted by atomic mass is 9.96. The Morgan fingerprint density at radius 1 is 1.36 bits per heavy atom. The fourth-order valence-electron chi connectivity index (χ4n) is 3.45. The molecule has 1 atom stereocenters. The van der Waals surface area contributed by atoms with Crippen LogP contribution in [-0.2, 0) is 4.79 Å². The van der Waals surface area contributed by atoms with E-state index in [0.717, 1.165) is 49.8 Å². The van der Waals surface area contributed by atoms with Gasteiger partial charge in [0, 0.05) is 10.6 Å². The molecule has 4 nitrogen and oxygen atoms in total. The molecular weight excluding hydrogens is 302 g/mol. The van der Waals surface area contributed by atoms with Gasteiger partial charge in [-0.05, 0) is 37.8 Å². The summed E-state index contributed by atoms with van der Waals surface area (Å²) in [5.74, 6) is 0.659. The van der Waals surface area contributed by atoms with Crippen molar-refractivity contribution in [3.63, 3.8) is 0 Å². The maximum atomic E-state index is 12.3. The Bertz CT molecular complexity index is 555. The lowest BCUT2D eigenvalue weighted by Crippen LogP contribution is -2.36. The quantitative estimate of drug-likeness (QED) is 0.896. The number of ether oxygens (including phenoxy) is 1. The van der Waals surface area contributed by atoms with Crippen molar-refractivity contribution >= 4 is 17.5 Å². The molecule has 0 bridgehead atoms. The third-order valence-electron chi connectivity index (χ3n) is 4.60. The molecular formula is C17H22ClNO3. The zero-order chi connectivity index (χ0) is 15.6. The minimum absolute atomic E-state index is 0.0766. The van der Waals surface area contributed by atoms with Gasteiger partial charge in [-0.2, -0.15) is 0 Å². The topological polar surface area (TPSA) is 58.6 Å². The Morgan fingerprint density at radius 3 is 2.91 bits per heavy atom. The molecule has 3 rings (SSSR count). The summed E-state index contributed by atoms with van der Waals surface area (Å²) in [5.41, 5.74) is 0.155. The summed E-state index contributed by atoms with van der Waals surface area (Å²) >= 11 is 6.01. The van der Waals surface area contributed by atoms with E-state index in [-0.39, 0.29) is 18.4 Å². The van der Waals surface area contributed by atoms with Crippen molar-refractivity contribution < 1.29 is 14.6 Å². The predicted octanol–water partition coefficient (Wildman–Crippen LogP) is 3.37. The number of halogens is 1. The molecule has 1 aromatic rings. The van der Waals surface area contributed by atoms with Gasteiger partial charge in [-0.25, -0.2) is 0 Å². The van der Waals surface area contributed by atoms with E-state index in [0.29, 0.717) is 11.6 Å². The second-order valence-electron chi connectivity index (χ2n) is 6.40. The summed E-state index contributed by atoms with van der Waals surface area (Å²) < 4.78 is 5.71. The van der Waals surface area contributed by atoms with Crippen molar-refractivity contribution in [1.82, 2.24) is 5.32 Å². The van der Waals surface area contributed by atoms with Crippen molar-refractivity contribution in [3.05, 3.63) is 28.8 Å². The highest BCUT2D eigenvalue weighted by molar-refractivity contribution is 6.30. The summed E-state index contributed by atoms with van der Waals surface area (Å²) in [6.45, 7) is 0.629. The van der Waals surface area contributed by atoms with Crippen LogP contribution in [-0.4, -0.2) is 23.2 Å². The number of aliphatic hydroxyl groups is 1. The molecule has 2 aliphatic rings. The zero-order valence-corrected chi connectivity index (χ0v) is 13.4. The van der Waals surface area contributed by atoms with E-state index in [4.69, 9.17) is 16.3 Å². The molecule has 1 heterocycles. The number of rotatable bonds is 3. The minimum atomic E-state index is -0.811. The van der Waals surface area contributed by atoms with Gasteiger partial charge >= 0.3 is 0 Å². The predicted molar refractivity (Wildman–Crippen MR) is 85.1 cm³/mol. The van der Waals surface area contributed by atoms with Crippen LogP contribution < -0.4 is 10.1 Å². The van der Waals surface area contributed by atoms with Crippen LogP contribution in [0.5, 0.6) is 5.75 Å². The molecule has 0 aromatic heterocycles. The van der Waals surface area contributed by atoms with Crippen molar-refractivity contribution in [1.29, 1.82) is 0 Å². The maximum Gasteiger partial charge on any atom is 0.223 e. The highest BCUT2D eigenvalue weighted by Crippen LogP contribution is 2.35. The van der Waals surface area contributed by atoms with Crippen LogP contribution in [0.1, 0.15) is 56.6 Å². The number of hydrogen-bond donors (Lipinski definition) is 2. The number of carbonyl (C=O) groups excluding carboxylic acids is 1. The van der Waals surface area contributed by atoms with Gasteiger partial charge in [0.25, 0.3) is 0 Å². The smallest absolute Gasteiger partial charge is 0.223 e. The van der Waals surface area contributed by atoms with Crippen LogP contribution in [0.3, 0.4) is 0 Å². The number of fused-ring (bicyclic) bond motifs is 1. The lowest BCUT2D eigenvalue weighted by molar-refractivity contribution is -0.126. The van der Waals surface area contributed by atoms with E-state index in [1.165, 1.54) is 0 Å². The Balaban J connectivity index is 1.70. The van der Waals surface area contributed by atoms with Crippen LogP contribution in [0, 0.1) is 0 Å². The summed E-state index contributed by atoms with van der Waals surface area (Å²) in [7, 11) is 0. The monoisotopic (exact) mass is 323 g/mol. The van der Waals surface area contributed by atoms with Gasteiger partial charge in [0.05, 0.1) is 24.7 Å². The molecule has 1 unspecified atom stereocenters. The van der Waals surface area contributed by atoms with Crippen LogP contribution in [0.2, 0.25) is 5.02 Å². The van der Waals surface area contributed by atoms with Crippen molar-refractivity contribution in [2.45, 2.75) is 56.6 Å². The molecule has 5 heteroatoms. The molecule has 1 aliphatic carbocycles. The van der Waals surface area contributed by atoms with Crippen LogP contribution in [0.4, 0.5) is 0 Å². The van der Waals surface area contributed by atoms with Gasteiger partial charge in [0.15, 0.2) is 0 Å². The summed E-state index contributed by atoms with van der Waals surface area (Å²) in [4.78, 5) is 12.3. The number of benzene rings is 1. The molecule has 120 valence electrons. The summed E-state index contributed by atoms with van der Waals surface area (Å²) in [6, 6.07) is 5.45. The first-order valence-electron chi connectivity index (χ1n) is 8.00. The fourth-order valence-corrected chi connectivity index (χ4v) is 3.61. The normalized spacial score (nSPS) is 23.3. The van der Waals surface area contributed by atoms with Crippen LogP contribution >= 0.6 is 11.6 Å². The van der Waals surface area contributed by atoms with E-state index >= 15 is 0 Å². The highest BCUT2D eigenvalue weighted by atomic mass is 35.5. The molecule has 1 fully saturated rings. The standard InChI is InChI=1S/C17H22ClNO3/c18-12-5-6-13-14(4-3-9-22-15(13)10-12)19-16(20)11-17(21)7-1-2-8-17/h5-6,10,14,21H,1-4,7-9,11H2,(H,19,20). The molecule has 1 saturated carbocycles. The van der Waals surface area contributed by atoms with E-state index in [1.807, 2.05) is 12.1 Å². The number of nitrogens with one attached hydrogen (secondary N) is 1. The minimum Gasteiger partial charge on any atom is -0.493 e. The molecule has 22 heavy (non-hydrogen) atoms.